The molecule has 0 saturated carbocycles. The van der Waals surface area contributed by atoms with Crippen molar-refractivity contribution in [3.63, 3.8) is 0 Å². The summed E-state index contributed by atoms with van der Waals surface area (Å²) in [5, 5.41) is 3.22. The zero-order valence-corrected chi connectivity index (χ0v) is 27.5. The number of methoxy groups -OCH3 is 4. The van der Waals surface area contributed by atoms with Crippen LogP contribution in [-0.2, 0) is 9.59 Å². The van der Waals surface area contributed by atoms with Gasteiger partial charge in [0.1, 0.15) is 11.8 Å². The van der Waals surface area contributed by atoms with Gasteiger partial charge in [0, 0.05) is 29.2 Å². The van der Waals surface area contributed by atoms with Gasteiger partial charge in [-0.25, -0.2) is 0 Å². The van der Waals surface area contributed by atoms with Crippen LogP contribution in [0, 0.1) is 24.2 Å². The first-order chi connectivity index (χ1) is 20.7. The predicted molar refractivity (Wildman–Crippen MR) is 174 cm³/mol. The Kier molecular flexibility index (Phi) is 10.9. The SMILES string of the molecule is COc1ccc(C#CC(=O)N(c2cc(OC)c(OC)c(OC)c2)C(C(=O)NC(C)(C)CC(C)(C)C)c2ccc(C)cc2)cc1. The van der Waals surface area contributed by atoms with Crippen LogP contribution in [0.2, 0.25) is 0 Å². The molecule has 0 radical (unpaired) electrons. The molecule has 0 spiro atoms. The Hall–Kier alpha value is -4.64. The topological polar surface area (TPSA) is 86.3 Å². The van der Waals surface area contributed by atoms with E-state index >= 15 is 0 Å². The number of aryl methyl sites for hydroxylation is 1. The average molecular weight is 601 g/mol. The summed E-state index contributed by atoms with van der Waals surface area (Å²) in [5.41, 5.74) is 1.98. The van der Waals surface area contributed by atoms with Gasteiger partial charge in [-0.3, -0.25) is 14.5 Å². The molecule has 3 aromatic rings. The molecule has 3 aromatic carbocycles. The van der Waals surface area contributed by atoms with Gasteiger partial charge in [-0.2, -0.15) is 0 Å². The van der Waals surface area contributed by atoms with Crippen LogP contribution in [0.1, 0.15) is 63.8 Å². The van der Waals surface area contributed by atoms with E-state index < -0.39 is 17.5 Å². The zero-order chi connectivity index (χ0) is 32.7. The van der Waals surface area contributed by atoms with Crippen LogP contribution in [0.5, 0.6) is 23.0 Å². The maximum atomic E-state index is 14.4. The molecule has 0 saturated heterocycles. The molecule has 1 unspecified atom stereocenters. The van der Waals surface area contributed by atoms with Gasteiger partial charge >= 0.3 is 5.91 Å². The number of nitrogens with zero attached hydrogens (tertiary/aromatic N) is 1. The van der Waals surface area contributed by atoms with Gasteiger partial charge in [0.05, 0.1) is 34.1 Å². The largest absolute Gasteiger partial charge is 0.497 e. The van der Waals surface area contributed by atoms with E-state index in [1.807, 2.05) is 45.0 Å². The number of hydrogen-bond donors (Lipinski definition) is 1. The lowest BCUT2D eigenvalue weighted by atomic mass is 9.81. The van der Waals surface area contributed by atoms with Crippen LogP contribution in [0.4, 0.5) is 5.69 Å². The van der Waals surface area contributed by atoms with Gasteiger partial charge in [0.25, 0.3) is 0 Å². The van der Waals surface area contributed by atoms with E-state index in [0.29, 0.717) is 46.2 Å². The summed E-state index contributed by atoms with van der Waals surface area (Å²) in [6.07, 6.45) is 0.710. The molecular weight excluding hydrogens is 556 g/mol. The predicted octanol–water partition coefficient (Wildman–Crippen LogP) is 6.49. The van der Waals surface area contributed by atoms with Crippen molar-refractivity contribution in [1.82, 2.24) is 5.32 Å². The lowest BCUT2D eigenvalue weighted by molar-refractivity contribution is -0.126. The van der Waals surface area contributed by atoms with Crippen LogP contribution in [0.25, 0.3) is 0 Å². The molecule has 44 heavy (non-hydrogen) atoms. The van der Waals surface area contributed by atoms with Crippen LogP contribution in [0.15, 0.2) is 60.7 Å². The average Bonchev–Trinajstić information content (AvgIpc) is 2.97. The third-order valence-electron chi connectivity index (χ3n) is 6.88. The highest BCUT2D eigenvalue weighted by Gasteiger charge is 2.37. The number of anilines is 1. The highest BCUT2D eigenvalue weighted by atomic mass is 16.5. The monoisotopic (exact) mass is 600 g/mol. The van der Waals surface area contributed by atoms with E-state index in [-0.39, 0.29) is 11.3 Å². The van der Waals surface area contributed by atoms with Crippen molar-refractivity contribution in [3.8, 4) is 34.8 Å². The minimum atomic E-state index is -1.07. The van der Waals surface area contributed by atoms with Crippen molar-refractivity contribution in [2.45, 2.75) is 59.5 Å². The number of benzene rings is 3. The zero-order valence-electron chi connectivity index (χ0n) is 27.5. The van der Waals surface area contributed by atoms with Crippen molar-refractivity contribution >= 4 is 17.5 Å². The molecule has 3 rings (SSSR count). The number of nitrogens with one attached hydrogen (secondary N) is 1. The molecule has 1 N–H and O–H groups in total. The fraction of sp³-hybridized carbons (Fsp3) is 0.389. The molecule has 0 heterocycles. The Morgan fingerprint density at radius 1 is 0.818 bits per heavy atom. The molecule has 0 aliphatic heterocycles. The van der Waals surface area contributed by atoms with Gasteiger partial charge in [-0.15, -0.1) is 0 Å². The second-order valence-electron chi connectivity index (χ2n) is 12.5. The summed E-state index contributed by atoms with van der Waals surface area (Å²) < 4.78 is 22.0. The standard InChI is InChI=1S/C36H44N2O6/c1-24-11-16-26(17-12-24)32(34(40)37-36(5,6)23-35(2,3)4)38(27-21-29(42-8)33(44-10)30(22-27)43-9)31(39)20-15-25-13-18-28(41-7)19-14-25/h11-14,16-19,21-22,32H,23H2,1-10H3,(H,37,40). The second-order valence-corrected chi connectivity index (χ2v) is 12.5. The summed E-state index contributed by atoms with van der Waals surface area (Å²) in [6, 6.07) is 16.8. The van der Waals surface area contributed by atoms with Gasteiger partial charge in [-0.05, 0) is 62.4 Å². The highest BCUT2D eigenvalue weighted by Crippen LogP contribution is 2.43. The van der Waals surface area contributed by atoms with Crippen LogP contribution < -0.4 is 29.2 Å². The van der Waals surface area contributed by atoms with Crippen LogP contribution in [0.3, 0.4) is 0 Å². The molecule has 0 fully saturated rings. The first-order valence-electron chi connectivity index (χ1n) is 14.4. The molecular formula is C36H44N2O6. The van der Waals surface area contributed by atoms with E-state index in [1.165, 1.54) is 26.2 Å². The minimum Gasteiger partial charge on any atom is -0.497 e. The number of amides is 2. The number of carbonyl (C=O) groups excluding carboxylic acids is 2. The number of hydrogen-bond acceptors (Lipinski definition) is 6. The van der Waals surface area contributed by atoms with Crippen molar-refractivity contribution in [3.05, 3.63) is 77.4 Å². The number of rotatable bonds is 10. The smallest absolute Gasteiger partial charge is 0.304 e. The van der Waals surface area contributed by atoms with Crippen molar-refractivity contribution in [2.75, 3.05) is 33.3 Å². The quantitative estimate of drug-likeness (QED) is 0.268. The first kappa shape index (κ1) is 33.9. The molecule has 1 atom stereocenters. The molecule has 0 aliphatic rings. The van der Waals surface area contributed by atoms with Crippen molar-refractivity contribution in [2.24, 2.45) is 5.41 Å². The Morgan fingerprint density at radius 3 is 1.86 bits per heavy atom. The molecule has 0 bridgehead atoms. The van der Waals surface area contributed by atoms with Crippen molar-refractivity contribution < 1.29 is 28.5 Å². The van der Waals surface area contributed by atoms with E-state index in [9.17, 15) is 9.59 Å². The Labute approximate surface area is 261 Å². The van der Waals surface area contributed by atoms with E-state index in [1.54, 1.807) is 43.5 Å². The Balaban J connectivity index is 2.25. The summed E-state index contributed by atoms with van der Waals surface area (Å²) in [5.74, 6) is 6.46. The Bertz CT molecular complexity index is 1480. The number of carbonyl (C=O) groups is 2. The molecule has 0 aromatic heterocycles. The summed E-state index contributed by atoms with van der Waals surface area (Å²) in [7, 11) is 6.08. The molecule has 0 aliphatic carbocycles. The summed E-state index contributed by atoms with van der Waals surface area (Å²) in [4.78, 5) is 30.0. The normalized spacial score (nSPS) is 11.9. The third kappa shape index (κ3) is 8.70. The second kappa shape index (κ2) is 14.2. The van der Waals surface area contributed by atoms with Gasteiger partial charge in [0.15, 0.2) is 11.5 Å². The fourth-order valence-electron chi connectivity index (χ4n) is 5.39. The molecule has 8 nitrogen and oxygen atoms in total. The lowest BCUT2D eigenvalue weighted by Gasteiger charge is -2.37. The molecule has 8 heteroatoms. The molecule has 2 amide bonds. The minimum absolute atomic E-state index is 0.0494. The third-order valence-corrected chi connectivity index (χ3v) is 6.88. The summed E-state index contributed by atoms with van der Waals surface area (Å²) in [6.45, 7) is 12.3. The summed E-state index contributed by atoms with van der Waals surface area (Å²) >= 11 is 0. The first-order valence-corrected chi connectivity index (χ1v) is 14.4. The van der Waals surface area contributed by atoms with E-state index in [4.69, 9.17) is 18.9 Å². The van der Waals surface area contributed by atoms with Gasteiger partial charge < -0.3 is 24.3 Å². The maximum absolute atomic E-state index is 14.4. The molecule has 234 valence electrons. The Morgan fingerprint density at radius 2 is 1.39 bits per heavy atom. The van der Waals surface area contributed by atoms with Crippen molar-refractivity contribution in [1.29, 1.82) is 0 Å². The van der Waals surface area contributed by atoms with Gasteiger partial charge in [-0.1, -0.05) is 56.5 Å². The van der Waals surface area contributed by atoms with Gasteiger partial charge in [0.2, 0.25) is 11.7 Å². The maximum Gasteiger partial charge on any atom is 0.304 e. The highest BCUT2D eigenvalue weighted by molar-refractivity contribution is 6.10. The van der Waals surface area contributed by atoms with Crippen LogP contribution in [-0.4, -0.2) is 45.8 Å². The van der Waals surface area contributed by atoms with E-state index in [0.717, 1.165) is 5.56 Å². The van der Waals surface area contributed by atoms with E-state index in [2.05, 4.69) is 37.9 Å². The fourth-order valence-corrected chi connectivity index (χ4v) is 5.39. The van der Waals surface area contributed by atoms with Crippen LogP contribution >= 0.6 is 0 Å². The number of ether oxygens (including phenoxy) is 4. The lowest BCUT2D eigenvalue weighted by Crippen LogP contribution is -2.51.